The van der Waals surface area contributed by atoms with Crippen LogP contribution in [0.2, 0.25) is 0 Å². The number of ether oxygens (including phenoxy) is 1. The lowest BCUT2D eigenvalue weighted by Crippen LogP contribution is -2.24. The number of anilines is 2. The third-order valence-electron chi connectivity index (χ3n) is 3.74. The summed E-state index contributed by atoms with van der Waals surface area (Å²) >= 11 is 0. The van der Waals surface area contributed by atoms with Gasteiger partial charge in [0.25, 0.3) is 5.91 Å². The van der Waals surface area contributed by atoms with Gasteiger partial charge >= 0.3 is 0 Å². The second kappa shape index (κ2) is 7.60. The first kappa shape index (κ1) is 17.3. The van der Waals surface area contributed by atoms with Crippen LogP contribution in [0.25, 0.3) is 11.0 Å². The lowest BCUT2D eigenvalue weighted by Gasteiger charge is -2.06. The minimum atomic E-state index is -0.342. The van der Waals surface area contributed by atoms with Crippen LogP contribution in [0.1, 0.15) is 23.0 Å². The molecule has 2 aromatic heterocycles. The molecule has 0 fully saturated rings. The van der Waals surface area contributed by atoms with Crippen LogP contribution in [-0.2, 0) is 6.54 Å². The van der Waals surface area contributed by atoms with Gasteiger partial charge in [-0.1, -0.05) is 12.2 Å². The van der Waals surface area contributed by atoms with E-state index in [9.17, 15) is 4.79 Å². The normalized spacial score (nSPS) is 11.1. The van der Waals surface area contributed by atoms with E-state index in [4.69, 9.17) is 20.6 Å². The van der Waals surface area contributed by atoms with Crippen molar-refractivity contribution in [3.8, 4) is 5.75 Å². The van der Waals surface area contributed by atoms with Gasteiger partial charge < -0.3 is 25.9 Å². The minimum Gasteiger partial charge on any atom is -0.489 e. The highest BCUT2D eigenvalue weighted by molar-refractivity contribution is 5.98. The number of pyridine rings is 1. The average Bonchev–Trinajstić information content (AvgIpc) is 3.02. The topological polar surface area (TPSA) is 116 Å². The predicted molar refractivity (Wildman–Crippen MR) is 101 cm³/mol. The molecule has 3 rings (SSSR count). The van der Waals surface area contributed by atoms with Gasteiger partial charge in [0.2, 0.25) is 0 Å². The van der Waals surface area contributed by atoms with E-state index in [1.165, 1.54) is 6.07 Å². The highest BCUT2D eigenvalue weighted by Crippen LogP contribution is 2.24. The molecule has 0 bridgehead atoms. The van der Waals surface area contributed by atoms with Crippen LogP contribution in [0.3, 0.4) is 0 Å². The predicted octanol–water partition coefficient (Wildman–Crippen LogP) is 2.88. The van der Waals surface area contributed by atoms with Gasteiger partial charge in [-0.15, -0.1) is 0 Å². The van der Waals surface area contributed by atoms with E-state index in [0.29, 0.717) is 18.0 Å². The van der Waals surface area contributed by atoms with Gasteiger partial charge in [-0.2, -0.15) is 0 Å². The van der Waals surface area contributed by atoms with E-state index in [-0.39, 0.29) is 29.7 Å². The quantitative estimate of drug-likeness (QED) is 0.587. The second-order valence-electron chi connectivity index (χ2n) is 5.64. The van der Waals surface area contributed by atoms with E-state index in [0.717, 1.165) is 11.1 Å². The molecule has 0 saturated heterocycles. The highest BCUT2D eigenvalue weighted by atomic mass is 16.5. The van der Waals surface area contributed by atoms with E-state index in [1.807, 2.05) is 43.3 Å². The van der Waals surface area contributed by atoms with Crippen LogP contribution in [0.5, 0.6) is 5.75 Å². The number of amides is 1. The van der Waals surface area contributed by atoms with Crippen molar-refractivity contribution < 1.29 is 13.9 Å². The average molecular weight is 352 g/mol. The van der Waals surface area contributed by atoms with E-state index >= 15 is 0 Å². The van der Waals surface area contributed by atoms with Gasteiger partial charge in [0.05, 0.1) is 12.1 Å². The van der Waals surface area contributed by atoms with Crippen molar-refractivity contribution in [3.63, 3.8) is 0 Å². The number of benzene rings is 1. The minimum absolute atomic E-state index is 0.0926. The maximum absolute atomic E-state index is 12.2. The Hall–Kier alpha value is -3.48. The fourth-order valence-electron chi connectivity index (χ4n) is 2.43. The Morgan fingerprint density at radius 3 is 2.88 bits per heavy atom. The fraction of sp³-hybridized carbons (Fsp3) is 0.158. The summed E-state index contributed by atoms with van der Waals surface area (Å²) in [5, 5.41) is 3.69. The SMILES string of the molecule is C/C=C/COc1ccc2cc(CNC(=O)c3ccc(N)nc3N)oc2c1. The van der Waals surface area contributed by atoms with E-state index in [1.54, 1.807) is 6.07 Å². The molecule has 1 aromatic carbocycles. The van der Waals surface area contributed by atoms with Gasteiger partial charge in [-0.05, 0) is 37.3 Å². The first-order chi connectivity index (χ1) is 12.6. The third kappa shape index (κ3) is 3.94. The van der Waals surface area contributed by atoms with Gasteiger partial charge in [-0.25, -0.2) is 4.98 Å². The molecule has 26 heavy (non-hydrogen) atoms. The molecule has 0 saturated carbocycles. The summed E-state index contributed by atoms with van der Waals surface area (Å²) in [6, 6.07) is 10.6. The number of fused-ring (bicyclic) bond motifs is 1. The molecule has 0 unspecified atom stereocenters. The summed E-state index contributed by atoms with van der Waals surface area (Å²) in [5.41, 5.74) is 12.2. The smallest absolute Gasteiger partial charge is 0.255 e. The number of carbonyl (C=O) groups is 1. The molecule has 7 nitrogen and oxygen atoms in total. The summed E-state index contributed by atoms with van der Waals surface area (Å²) in [4.78, 5) is 16.1. The molecule has 0 aliphatic rings. The molecule has 1 amide bonds. The standard InChI is InChI=1S/C19H20N4O3/c1-2-3-8-25-13-5-4-12-9-14(26-16(12)10-13)11-22-19(24)15-6-7-17(20)23-18(15)21/h2-7,9-10H,8,11H2,1H3,(H,22,24)(H4,20,21,23)/b3-2+. The van der Waals surface area contributed by atoms with Crippen molar-refractivity contribution in [2.75, 3.05) is 18.1 Å². The lowest BCUT2D eigenvalue weighted by atomic mass is 10.2. The number of hydrogen-bond donors (Lipinski definition) is 3. The monoisotopic (exact) mass is 352 g/mol. The number of nitrogen functional groups attached to an aromatic ring is 2. The maximum Gasteiger partial charge on any atom is 0.255 e. The van der Waals surface area contributed by atoms with Crippen LogP contribution in [0.4, 0.5) is 11.6 Å². The summed E-state index contributed by atoms with van der Waals surface area (Å²) in [7, 11) is 0. The molecule has 0 aliphatic carbocycles. The van der Waals surface area contributed by atoms with Crippen molar-refractivity contribution in [2.24, 2.45) is 0 Å². The van der Waals surface area contributed by atoms with Crippen molar-refractivity contribution in [2.45, 2.75) is 13.5 Å². The van der Waals surface area contributed by atoms with Gasteiger partial charge in [0, 0.05) is 11.5 Å². The van der Waals surface area contributed by atoms with Crippen molar-refractivity contribution in [1.82, 2.24) is 10.3 Å². The number of hydrogen-bond acceptors (Lipinski definition) is 6. The molecule has 0 aliphatic heterocycles. The summed E-state index contributed by atoms with van der Waals surface area (Å²) in [5.74, 6) is 1.37. The first-order valence-corrected chi connectivity index (χ1v) is 8.13. The molecule has 134 valence electrons. The summed E-state index contributed by atoms with van der Waals surface area (Å²) in [6.45, 7) is 2.67. The Kier molecular flexibility index (Phi) is 5.07. The molecule has 3 aromatic rings. The molecule has 0 spiro atoms. The number of nitrogens with zero attached hydrogens (tertiary/aromatic N) is 1. The van der Waals surface area contributed by atoms with Gasteiger partial charge in [0.15, 0.2) is 0 Å². The zero-order valence-corrected chi connectivity index (χ0v) is 14.4. The summed E-state index contributed by atoms with van der Waals surface area (Å²) in [6.07, 6.45) is 3.85. The van der Waals surface area contributed by atoms with Crippen LogP contribution in [0, 0.1) is 0 Å². The Bertz CT molecular complexity index is 963. The lowest BCUT2D eigenvalue weighted by molar-refractivity contribution is 0.0949. The second-order valence-corrected chi connectivity index (χ2v) is 5.64. The highest BCUT2D eigenvalue weighted by Gasteiger charge is 2.12. The van der Waals surface area contributed by atoms with Crippen LogP contribution in [-0.4, -0.2) is 17.5 Å². The molecule has 5 N–H and O–H groups in total. The number of allylic oxidation sites excluding steroid dienone is 1. The fourth-order valence-corrected chi connectivity index (χ4v) is 2.43. The molecule has 7 heteroatoms. The molecule has 2 heterocycles. The zero-order valence-electron chi connectivity index (χ0n) is 14.4. The van der Waals surface area contributed by atoms with Crippen LogP contribution >= 0.6 is 0 Å². The van der Waals surface area contributed by atoms with Gasteiger partial charge in [-0.3, -0.25) is 4.79 Å². The Balaban J connectivity index is 1.67. The third-order valence-corrected chi connectivity index (χ3v) is 3.74. The number of nitrogens with two attached hydrogens (primary N) is 2. The number of aromatic nitrogens is 1. The Labute approximate surface area is 150 Å². The van der Waals surface area contributed by atoms with Gasteiger partial charge in [0.1, 0.15) is 35.3 Å². The molecule has 0 radical (unpaired) electrons. The van der Waals surface area contributed by atoms with Crippen molar-refractivity contribution in [1.29, 1.82) is 0 Å². The largest absolute Gasteiger partial charge is 0.489 e. The molecule has 0 atom stereocenters. The van der Waals surface area contributed by atoms with E-state index in [2.05, 4.69) is 10.3 Å². The number of rotatable bonds is 6. The van der Waals surface area contributed by atoms with Crippen molar-refractivity contribution in [3.05, 3.63) is 59.9 Å². The summed E-state index contributed by atoms with van der Waals surface area (Å²) < 4.78 is 11.4. The van der Waals surface area contributed by atoms with E-state index < -0.39 is 0 Å². The Morgan fingerprint density at radius 2 is 2.12 bits per heavy atom. The van der Waals surface area contributed by atoms with Crippen molar-refractivity contribution >= 4 is 28.5 Å². The number of carbonyl (C=O) groups excluding carboxylic acids is 1. The van der Waals surface area contributed by atoms with Crippen LogP contribution < -0.4 is 21.5 Å². The first-order valence-electron chi connectivity index (χ1n) is 8.13. The maximum atomic E-state index is 12.2. The molecular formula is C19H20N4O3. The number of nitrogens with one attached hydrogen (secondary N) is 1. The molecular weight excluding hydrogens is 332 g/mol. The van der Waals surface area contributed by atoms with Crippen LogP contribution in [0.15, 0.2) is 53.0 Å². The number of furan rings is 1. The zero-order chi connectivity index (χ0) is 18.5. The Morgan fingerprint density at radius 1 is 1.27 bits per heavy atom.